The van der Waals surface area contributed by atoms with Gasteiger partial charge in [-0.05, 0) is 14.0 Å². The Balaban J connectivity index is 1.84. The summed E-state index contributed by atoms with van der Waals surface area (Å²) in [5.74, 6) is -3.40. The van der Waals surface area contributed by atoms with Crippen LogP contribution in [0.2, 0.25) is 0 Å². The minimum atomic E-state index is -4.39. The molecule has 1 amide bonds. The highest BCUT2D eigenvalue weighted by Gasteiger charge is 2.52. The van der Waals surface area contributed by atoms with Gasteiger partial charge in [0.1, 0.15) is 0 Å². The van der Waals surface area contributed by atoms with E-state index in [0.29, 0.717) is 19.4 Å². The third-order valence-electron chi connectivity index (χ3n) is 4.47. The number of hydrogen-bond donors (Lipinski definition) is 2. The molecule has 2 fully saturated rings. The van der Waals surface area contributed by atoms with E-state index in [-0.39, 0.29) is 25.7 Å². The van der Waals surface area contributed by atoms with Crippen molar-refractivity contribution in [2.75, 3.05) is 33.3 Å². The molecule has 0 aromatic rings. The van der Waals surface area contributed by atoms with E-state index in [1.807, 2.05) is 6.92 Å². The second kappa shape index (κ2) is 6.33. The molecule has 2 aliphatic rings. The maximum Gasteiger partial charge on any atom is 0.393 e. The minimum absolute atomic E-state index is 0.0276. The fourth-order valence-electron chi connectivity index (χ4n) is 3.27. The highest BCUT2D eigenvalue weighted by atomic mass is 19.4. The summed E-state index contributed by atoms with van der Waals surface area (Å²) in [6, 6.07) is 0. The first-order valence-corrected chi connectivity index (χ1v) is 7.51. The molecule has 22 heavy (non-hydrogen) atoms. The highest BCUT2D eigenvalue weighted by Crippen LogP contribution is 2.38. The molecular formula is C14H23F3N2O3. The van der Waals surface area contributed by atoms with Crippen molar-refractivity contribution in [1.82, 2.24) is 10.2 Å². The summed E-state index contributed by atoms with van der Waals surface area (Å²) < 4.78 is 44.2. The Hall–Kier alpha value is -0.860. The third-order valence-corrected chi connectivity index (χ3v) is 4.47. The van der Waals surface area contributed by atoms with Crippen molar-refractivity contribution >= 4 is 5.91 Å². The molecule has 1 aliphatic heterocycles. The van der Waals surface area contributed by atoms with Crippen molar-refractivity contribution in [1.29, 1.82) is 0 Å². The maximum atomic E-state index is 13.0. The number of ether oxygens (including phenoxy) is 1. The number of rotatable bonds is 5. The van der Waals surface area contributed by atoms with Crippen LogP contribution in [0, 0.1) is 11.8 Å². The summed E-state index contributed by atoms with van der Waals surface area (Å²) >= 11 is 0. The smallest absolute Gasteiger partial charge is 0.388 e. The fourth-order valence-corrected chi connectivity index (χ4v) is 3.27. The number of nitrogens with zero attached hydrogens (tertiary/aromatic N) is 1. The van der Waals surface area contributed by atoms with Crippen molar-refractivity contribution in [3.8, 4) is 0 Å². The van der Waals surface area contributed by atoms with Gasteiger partial charge in [-0.2, -0.15) is 13.2 Å². The number of carbonyl (C=O) groups is 1. The number of likely N-dealkylation sites (tertiary alicyclic amines) is 1. The van der Waals surface area contributed by atoms with Crippen LogP contribution in [-0.4, -0.2) is 67.1 Å². The van der Waals surface area contributed by atoms with Gasteiger partial charge in [0, 0.05) is 39.1 Å². The quantitative estimate of drug-likeness (QED) is 0.784. The van der Waals surface area contributed by atoms with Crippen LogP contribution in [0.4, 0.5) is 13.2 Å². The zero-order valence-corrected chi connectivity index (χ0v) is 12.8. The number of nitrogens with one attached hydrogen (secondary N) is 1. The number of carbonyl (C=O) groups excluding carboxylic acids is 1. The van der Waals surface area contributed by atoms with Gasteiger partial charge in [0.05, 0.1) is 23.5 Å². The number of alkyl halides is 3. The first kappa shape index (κ1) is 17.5. The van der Waals surface area contributed by atoms with E-state index in [0.717, 1.165) is 0 Å². The monoisotopic (exact) mass is 324 g/mol. The van der Waals surface area contributed by atoms with Gasteiger partial charge in [-0.25, -0.2) is 0 Å². The second-order valence-electron chi connectivity index (χ2n) is 6.40. The first-order valence-electron chi connectivity index (χ1n) is 7.51. The van der Waals surface area contributed by atoms with Gasteiger partial charge in [0.25, 0.3) is 0 Å². The Morgan fingerprint density at radius 3 is 2.59 bits per heavy atom. The van der Waals surface area contributed by atoms with E-state index in [4.69, 9.17) is 4.74 Å². The maximum absolute atomic E-state index is 13.0. The predicted molar refractivity (Wildman–Crippen MR) is 73.1 cm³/mol. The molecule has 2 atom stereocenters. The summed E-state index contributed by atoms with van der Waals surface area (Å²) in [5, 5.41) is 12.6. The number of amides is 1. The summed E-state index contributed by atoms with van der Waals surface area (Å²) in [6.45, 7) is 2.29. The van der Waals surface area contributed by atoms with Gasteiger partial charge in [-0.3, -0.25) is 4.79 Å². The molecule has 0 radical (unpaired) electrons. The van der Waals surface area contributed by atoms with Crippen LogP contribution in [0.1, 0.15) is 19.8 Å². The van der Waals surface area contributed by atoms with Crippen LogP contribution in [0.25, 0.3) is 0 Å². The number of aliphatic hydroxyl groups is 1. The van der Waals surface area contributed by atoms with Crippen LogP contribution in [-0.2, 0) is 9.53 Å². The lowest BCUT2D eigenvalue weighted by molar-refractivity contribution is -0.184. The van der Waals surface area contributed by atoms with Crippen molar-refractivity contribution in [3.05, 3.63) is 0 Å². The molecule has 1 heterocycles. The molecule has 1 saturated heterocycles. The molecule has 2 N–H and O–H groups in total. The Morgan fingerprint density at radius 1 is 1.41 bits per heavy atom. The molecule has 8 heteroatoms. The Labute approximate surface area is 127 Å². The van der Waals surface area contributed by atoms with E-state index in [1.165, 1.54) is 4.90 Å². The van der Waals surface area contributed by atoms with Gasteiger partial charge >= 0.3 is 6.18 Å². The molecule has 5 nitrogen and oxygen atoms in total. The van der Waals surface area contributed by atoms with Crippen LogP contribution in [0.5, 0.6) is 0 Å². The first-order chi connectivity index (χ1) is 10.1. The highest BCUT2D eigenvalue weighted by molar-refractivity contribution is 5.79. The van der Waals surface area contributed by atoms with Gasteiger partial charge in [0.15, 0.2) is 0 Å². The van der Waals surface area contributed by atoms with Crippen molar-refractivity contribution in [2.45, 2.75) is 37.6 Å². The topological polar surface area (TPSA) is 61.8 Å². The lowest BCUT2D eigenvalue weighted by Crippen LogP contribution is -2.56. The molecule has 0 bridgehead atoms. The van der Waals surface area contributed by atoms with Crippen LogP contribution in [0.15, 0.2) is 0 Å². The van der Waals surface area contributed by atoms with Crippen molar-refractivity contribution < 1.29 is 27.8 Å². The van der Waals surface area contributed by atoms with E-state index >= 15 is 0 Å². The Morgan fingerprint density at radius 2 is 2.05 bits per heavy atom. The largest absolute Gasteiger partial charge is 0.393 e. The Bertz CT molecular complexity index is 411. The number of hydrogen-bond acceptors (Lipinski definition) is 4. The third kappa shape index (κ3) is 3.91. The minimum Gasteiger partial charge on any atom is -0.388 e. The lowest BCUT2D eigenvalue weighted by Gasteiger charge is -2.43. The van der Waals surface area contributed by atoms with Crippen molar-refractivity contribution in [2.24, 2.45) is 11.8 Å². The summed E-state index contributed by atoms with van der Waals surface area (Å²) in [5.41, 5.74) is -1.06. The summed E-state index contributed by atoms with van der Waals surface area (Å²) in [6.07, 6.45) is -3.63. The molecule has 2 rings (SSSR count). The van der Waals surface area contributed by atoms with Gasteiger partial charge in [0.2, 0.25) is 5.91 Å². The average Bonchev–Trinajstić information content (AvgIpc) is 2.77. The molecule has 1 saturated carbocycles. The van der Waals surface area contributed by atoms with Gasteiger partial charge < -0.3 is 20.1 Å². The normalized spacial score (nSPS) is 36.2. The average molecular weight is 324 g/mol. The molecule has 0 unspecified atom stereocenters. The number of halogens is 3. The lowest BCUT2D eigenvalue weighted by atomic mass is 9.77. The van der Waals surface area contributed by atoms with Crippen LogP contribution < -0.4 is 5.32 Å². The van der Waals surface area contributed by atoms with Crippen LogP contribution >= 0.6 is 0 Å². The Kier molecular flexibility index (Phi) is 5.03. The second-order valence-corrected chi connectivity index (χ2v) is 6.40. The fraction of sp³-hybridized carbons (Fsp3) is 0.929. The SMILES string of the molecule is CCOC1CC(O)(CNC(=O)[C@@H]2CN(C)C[C@H]2C(F)(F)F)C1. The van der Waals surface area contributed by atoms with E-state index in [1.54, 1.807) is 7.05 Å². The molecular weight excluding hydrogens is 301 g/mol. The molecule has 1 aliphatic carbocycles. The summed E-state index contributed by atoms with van der Waals surface area (Å²) in [7, 11) is 1.57. The standard InChI is InChI=1S/C14H23F3N2O3/c1-3-22-9-4-13(21,5-9)8-18-12(20)10-6-19(2)7-11(10)14(15,16)17/h9-11,21H,3-8H2,1-2H3,(H,18,20)/t9?,10-,11-,13?/m1/s1. The molecule has 0 aromatic carbocycles. The van der Waals surface area contributed by atoms with Crippen LogP contribution in [0.3, 0.4) is 0 Å². The molecule has 128 valence electrons. The summed E-state index contributed by atoms with van der Waals surface area (Å²) in [4.78, 5) is 13.6. The zero-order valence-electron chi connectivity index (χ0n) is 12.8. The molecule has 0 aromatic heterocycles. The van der Waals surface area contributed by atoms with E-state index in [9.17, 15) is 23.1 Å². The van der Waals surface area contributed by atoms with Gasteiger partial charge in [-0.1, -0.05) is 0 Å². The molecule has 0 spiro atoms. The zero-order chi connectivity index (χ0) is 16.5. The van der Waals surface area contributed by atoms with Crippen molar-refractivity contribution in [3.63, 3.8) is 0 Å². The van der Waals surface area contributed by atoms with Gasteiger partial charge in [-0.15, -0.1) is 0 Å². The predicted octanol–water partition coefficient (Wildman–Crippen LogP) is 0.773. The van der Waals surface area contributed by atoms with E-state index in [2.05, 4.69) is 5.32 Å². The van der Waals surface area contributed by atoms with E-state index < -0.39 is 29.5 Å².